The van der Waals surface area contributed by atoms with Crippen LogP contribution in [-0.2, 0) is 6.61 Å². The molecule has 100 valence electrons. The topological polar surface area (TPSA) is 44.5 Å². The maximum atomic E-state index is 5.90. The molecule has 1 atom stereocenters. The van der Waals surface area contributed by atoms with Crippen LogP contribution in [0.2, 0.25) is 0 Å². The number of para-hydroxylation sites is 1. The van der Waals surface area contributed by atoms with Crippen molar-refractivity contribution in [1.82, 2.24) is 0 Å². The summed E-state index contributed by atoms with van der Waals surface area (Å²) in [5, 5.41) is 0. The van der Waals surface area contributed by atoms with E-state index in [-0.39, 0.29) is 6.04 Å². The molecule has 0 fully saturated rings. The van der Waals surface area contributed by atoms with Crippen LogP contribution in [0.1, 0.15) is 24.1 Å². The molecular formula is C16H19NO2. The average Bonchev–Trinajstić information content (AvgIpc) is 2.45. The zero-order valence-electron chi connectivity index (χ0n) is 11.3. The van der Waals surface area contributed by atoms with Crippen LogP contribution in [0, 0.1) is 0 Å². The van der Waals surface area contributed by atoms with E-state index in [9.17, 15) is 0 Å². The van der Waals surface area contributed by atoms with Gasteiger partial charge in [0.05, 0.1) is 7.11 Å². The molecule has 0 amide bonds. The summed E-state index contributed by atoms with van der Waals surface area (Å²) in [6.45, 7) is 2.43. The molecule has 2 aromatic rings. The normalized spacial score (nSPS) is 11.9. The van der Waals surface area contributed by atoms with Crippen molar-refractivity contribution in [1.29, 1.82) is 0 Å². The van der Waals surface area contributed by atoms with Crippen molar-refractivity contribution in [3.05, 3.63) is 59.7 Å². The fraction of sp³-hybridized carbons (Fsp3) is 0.250. The van der Waals surface area contributed by atoms with Gasteiger partial charge in [0.15, 0.2) is 0 Å². The second kappa shape index (κ2) is 6.25. The Balaban J connectivity index is 2.16. The Labute approximate surface area is 114 Å². The van der Waals surface area contributed by atoms with Crippen LogP contribution in [0.15, 0.2) is 48.5 Å². The highest BCUT2D eigenvalue weighted by molar-refractivity contribution is 5.38. The van der Waals surface area contributed by atoms with Crippen LogP contribution in [-0.4, -0.2) is 7.11 Å². The lowest BCUT2D eigenvalue weighted by molar-refractivity contribution is 0.296. The van der Waals surface area contributed by atoms with Crippen molar-refractivity contribution in [2.75, 3.05) is 7.11 Å². The maximum Gasteiger partial charge on any atom is 0.125 e. The Hall–Kier alpha value is -2.00. The van der Waals surface area contributed by atoms with Gasteiger partial charge in [-0.15, -0.1) is 0 Å². The van der Waals surface area contributed by atoms with Gasteiger partial charge in [-0.3, -0.25) is 0 Å². The molecule has 2 N–H and O–H groups in total. The largest absolute Gasteiger partial charge is 0.496 e. The summed E-state index contributed by atoms with van der Waals surface area (Å²) in [5.74, 6) is 1.66. The quantitative estimate of drug-likeness (QED) is 0.893. The Morgan fingerprint density at radius 1 is 1.11 bits per heavy atom. The van der Waals surface area contributed by atoms with Gasteiger partial charge in [-0.25, -0.2) is 0 Å². The summed E-state index contributed by atoms with van der Waals surface area (Å²) in [6.07, 6.45) is 0. The molecule has 0 aromatic heterocycles. The number of benzene rings is 2. The van der Waals surface area contributed by atoms with Gasteiger partial charge < -0.3 is 15.2 Å². The Kier molecular flexibility index (Phi) is 4.42. The second-order valence-electron chi connectivity index (χ2n) is 4.46. The number of nitrogens with two attached hydrogens (primary N) is 1. The lowest BCUT2D eigenvalue weighted by atomic mass is 10.1. The van der Waals surface area contributed by atoms with Crippen LogP contribution in [0.25, 0.3) is 0 Å². The van der Waals surface area contributed by atoms with Crippen LogP contribution < -0.4 is 15.2 Å². The molecule has 3 nitrogen and oxygen atoms in total. The average molecular weight is 257 g/mol. The fourth-order valence-electron chi connectivity index (χ4n) is 1.87. The minimum absolute atomic E-state index is 0.00128. The maximum absolute atomic E-state index is 5.90. The molecule has 3 heteroatoms. The molecule has 0 aliphatic heterocycles. The third-order valence-electron chi connectivity index (χ3n) is 2.97. The Bertz CT molecular complexity index is 524. The number of methoxy groups -OCH3 is 1. The predicted octanol–water partition coefficient (Wildman–Crippen LogP) is 3.29. The molecule has 0 spiro atoms. The Morgan fingerprint density at radius 2 is 1.84 bits per heavy atom. The molecule has 2 rings (SSSR count). The summed E-state index contributed by atoms with van der Waals surface area (Å²) >= 11 is 0. The zero-order chi connectivity index (χ0) is 13.7. The lowest BCUT2D eigenvalue weighted by Crippen LogP contribution is -2.07. The van der Waals surface area contributed by atoms with Crippen molar-refractivity contribution < 1.29 is 9.47 Å². The monoisotopic (exact) mass is 257 g/mol. The van der Waals surface area contributed by atoms with Crippen LogP contribution in [0.3, 0.4) is 0 Å². The summed E-state index contributed by atoms with van der Waals surface area (Å²) in [7, 11) is 1.66. The van der Waals surface area contributed by atoms with Gasteiger partial charge in [0, 0.05) is 11.6 Å². The Morgan fingerprint density at radius 3 is 2.47 bits per heavy atom. The van der Waals surface area contributed by atoms with Crippen molar-refractivity contribution in [2.45, 2.75) is 19.6 Å². The molecule has 2 aromatic carbocycles. The summed E-state index contributed by atoms with van der Waals surface area (Å²) < 4.78 is 11.1. The predicted molar refractivity (Wildman–Crippen MR) is 76.4 cm³/mol. The van der Waals surface area contributed by atoms with Gasteiger partial charge in [-0.05, 0) is 36.8 Å². The summed E-state index contributed by atoms with van der Waals surface area (Å²) in [5.41, 5.74) is 7.98. The minimum atomic E-state index is 0.00128. The second-order valence-corrected chi connectivity index (χ2v) is 4.46. The van der Waals surface area contributed by atoms with E-state index >= 15 is 0 Å². The fourth-order valence-corrected chi connectivity index (χ4v) is 1.87. The first kappa shape index (κ1) is 13.4. The third kappa shape index (κ3) is 3.48. The molecule has 0 radical (unpaired) electrons. The highest BCUT2D eigenvalue weighted by Gasteiger charge is 2.07. The van der Waals surface area contributed by atoms with Crippen molar-refractivity contribution in [3.63, 3.8) is 0 Å². The van der Waals surface area contributed by atoms with Crippen LogP contribution in [0.4, 0.5) is 0 Å². The molecule has 1 unspecified atom stereocenters. The van der Waals surface area contributed by atoms with Gasteiger partial charge in [-0.1, -0.05) is 24.3 Å². The first-order valence-electron chi connectivity index (χ1n) is 6.31. The lowest BCUT2D eigenvalue weighted by Gasteiger charge is -2.13. The van der Waals surface area contributed by atoms with Gasteiger partial charge >= 0.3 is 0 Å². The van der Waals surface area contributed by atoms with E-state index in [1.165, 1.54) is 0 Å². The third-order valence-corrected chi connectivity index (χ3v) is 2.97. The van der Waals surface area contributed by atoms with E-state index in [1.54, 1.807) is 7.11 Å². The van der Waals surface area contributed by atoms with Gasteiger partial charge in [0.1, 0.15) is 18.1 Å². The molecule has 0 heterocycles. The summed E-state index contributed by atoms with van der Waals surface area (Å²) in [6, 6.07) is 15.7. The number of hydrogen-bond acceptors (Lipinski definition) is 3. The molecule has 0 aliphatic rings. The van der Waals surface area contributed by atoms with Gasteiger partial charge in [0.25, 0.3) is 0 Å². The number of rotatable bonds is 5. The van der Waals surface area contributed by atoms with E-state index in [2.05, 4.69) is 0 Å². The highest BCUT2D eigenvalue weighted by atomic mass is 16.5. The molecule has 0 saturated heterocycles. The SMILES string of the molecule is COc1ccc(C(C)N)cc1COc1ccccc1. The molecule has 0 bridgehead atoms. The van der Waals surface area contributed by atoms with E-state index in [0.717, 1.165) is 22.6 Å². The first-order valence-corrected chi connectivity index (χ1v) is 6.31. The van der Waals surface area contributed by atoms with E-state index in [1.807, 2.05) is 55.5 Å². The van der Waals surface area contributed by atoms with E-state index in [0.29, 0.717) is 6.61 Å². The number of ether oxygens (including phenoxy) is 2. The van der Waals surface area contributed by atoms with Crippen LogP contribution >= 0.6 is 0 Å². The standard InChI is InChI=1S/C16H19NO2/c1-12(17)13-8-9-16(18-2)14(10-13)11-19-15-6-4-3-5-7-15/h3-10,12H,11,17H2,1-2H3. The van der Waals surface area contributed by atoms with Gasteiger partial charge in [0.2, 0.25) is 0 Å². The molecule has 19 heavy (non-hydrogen) atoms. The van der Waals surface area contributed by atoms with Crippen molar-refractivity contribution in [2.24, 2.45) is 5.73 Å². The molecule has 0 saturated carbocycles. The highest BCUT2D eigenvalue weighted by Crippen LogP contribution is 2.24. The zero-order valence-corrected chi connectivity index (χ0v) is 11.3. The van der Waals surface area contributed by atoms with Crippen molar-refractivity contribution in [3.8, 4) is 11.5 Å². The minimum Gasteiger partial charge on any atom is -0.496 e. The summed E-state index contributed by atoms with van der Waals surface area (Å²) in [4.78, 5) is 0. The van der Waals surface area contributed by atoms with E-state index < -0.39 is 0 Å². The first-order chi connectivity index (χ1) is 9.20. The smallest absolute Gasteiger partial charge is 0.125 e. The molecular weight excluding hydrogens is 238 g/mol. The molecule has 0 aliphatic carbocycles. The van der Waals surface area contributed by atoms with Crippen LogP contribution in [0.5, 0.6) is 11.5 Å². The van der Waals surface area contributed by atoms with Gasteiger partial charge in [-0.2, -0.15) is 0 Å². The van der Waals surface area contributed by atoms with E-state index in [4.69, 9.17) is 15.2 Å². The number of hydrogen-bond donors (Lipinski definition) is 1. The van der Waals surface area contributed by atoms with Crippen molar-refractivity contribution >= 4 is 0 Å².